The molecule has 0 saturated carbocycles. The summed E-state index contributed by atoms with van der Waals surface area (Å²) in [5.41, 5.74) is 0. The minimum atomic E-state index is -2.06. The third kappa shape index (κ3) is 12.3. The third-order valence-corrected chi connectivity index (χ3v) is 4.53. The van der Waals surface area contributed by atoms with E-state index in [-0.39, 0.29) is 11.8 Å². The van der Waals surface area contributed by atoms with Crippen LogP contribution < -0.4 is 0 Å². The molecule has 0 aliphatic heterocycles. The Morgan fingerprint density at radius 3 is 2.78 bits per heavy atom. The lowest BCUT2D eigenvalue weighted by atomic mass is 10.3. The second kappa shape index (κ2) is 13.6. The van der Waals surface area contributed by atoms with Crippen LogP contribution in [0.5, 0.6) is 0 Å². The smallest absolute Gasteiger partial charge is 0.235 e. The van der Waals surface area contributed by atoms with Gasteiger partial charge in [0.15, 0.2) is 0 Å². The first-order valence-corrected chi connectivity index (χ1v) is 9.48. The molecule has 0 rings (SSSR count). The Morgan fingerprint density at radius 2 is 2.26 bits per heavy atom. The number of ether oxygens (including phenoxy) is 1. The van der Waals surface area contributed by atoms with Crippen molar-refractivity contribution >= 4 is 35.5 Å². The number of nitrogens with one attached hydrogen (secondary N) is 1. The Morgan fingerprint density at radius 1 is 1.57 bits per heavy atom. The van der Waals surface area contributed by atoms with Crippen molar-refractivity contribution in [2.24, 2.45) is 4.99 Å². The number of nitrogens with zero attached hydrogens (tertiary/aromatic N) is 2. The maximum Gasteiger partial charge on any atom is 0.235 e. The fourth-order valence-electron chi connectivity index (χ4n) is 1.48. The minimum Gasteiger partial charge on any atom is -0.465 e. The summed E-state index contributed by atoms with van der Waals surface area (Å²) in [6.45, 7) is 6.09. The van der Waals surface area contributed by atoms with Gasteiger partial charge in [-0.15, -0.1) is 0 Å². The molecule has 0 aromatic rings. The van der Waals surface area contributed by atoms with Crippen molar-refractivity contribution in [2.45, 2.75) is 38.8 Å². The molecule has 6 nitrogen and oxygen atoms in total. The van der Waals surface area contributed by atoms with Gasteiger partial charge in [0.05, 0.1) is 12.3 Å². The number of alkyl halides is 1. The molecule has 0 aromatic carbocycles. The molecule has 0 radical (unpaired) electrons. The molecule has 0 aliphatic rings. The number of hydrogen-bond donors (Lipinski definition) is 2. The van der Waals surface area contributed by atoms with Crippen LogP contribution in [0, 0.1) is 5.41 Å². The van der Waals surface area contributed by atoms with Gasteiger partial charge in [-0.25, -0.2) is 8.60 Å². The summed E-state index contributed by atoms with van der Waals surface area (Å²) in [7, 11) is 0. The van der Waals surface area contributed by atoms with Gasteiger partial charge in [0.1, 0.15) is 0 Å². The highest BCUT2D eigenvalue weighted by Gasteiger charge is 2.10. The van der Waals surface area contributed by atoms with E-state index >= 15 is 0 Å². The Hall–Kier alpha value is -0.770. The van der Waals surface area contributed by atoms with Crippen molar-refractivity contribution < 1.29 is 17.9 Å². The van der Waals surface area contributed by atoms with E-state index in [2.05, 4.69) is 4.99 Å². The van der Waals surface area contributed by atoms with E-state index < -0.39 is 17.6 Å². The lowest BCUT2D eigenvalue weighted by molar-refractivity contribution is 0.0185. The summed E-state index contributed by atoms with van der Waals surface area (Å²) in [5.74, 6) is 1.19. The molecule has 0 heterocycles. The highest BCUT2D eigenvalue weighted by atomic mass is 32.2. The van der Waals surface area contributed by atoms with E-state index in [4.69, 9.17) is 10.1 Å². The molecule has 0 aromatic heterocycles. The number of halogens is 1. The standard InChI is InChI=1S/C14H26FN3O3S2/c1-4-14(21-13(3)15)5-6-17-7-8-18(23(19)20)9-10-22-12(2)11-16/h5,7,11-13,16H,4,6,8-10H2,1-3H3,(H,19,20)/b14-5+,16-11?,17-7?. The van der Waals surface area contributed by atoms with Gasteiger partial charge in [-0.2, -0.15) is 16.1 Å². The second-order valence-corrected chi connectivity index (χ2v) is 7.06. The van der Waals surface area contributed by atoms with Crippen LogP contribution >= 0.6 is 11.8 Å². The molecule has 3 unspecified atom stereocenters. The second-order valence-electron chi connectivity index (χ2n) is 4.59. The highest BCUT2D eigenvalue weighted by molar-refractivity contribution is 8.00. The van der Waals surface area contributed by atoms with Gasteiger partial charge in [-0.3, -0.25) is 9.55 Å². The van der Waals surface area contributed by atoms with Crippen LogP contribution in [0.3, 0.4) is 0 Å². The first-order chi connectivity index (χ1) is 10.9. The SMILES string of the molecule is CC/C(=C\CN=CCN(CCSC(C)C=N)S(=O)O)OC(C)F. The molecule has 2 N–H and O–H groups in total. The third-order valence-electron chi connectivity index (χ3n) is 2.68. The van der Waals surface area contributed by atoms with Crippen molar-refractivity contribution in [3.05, 3.63) is 11.8 Å². The molecular formula is C14H26FN3O3S2. The van der Waals surface area contributed by atoms with Gasteiger partial charge >= 0.3 is 0 Å². The van der Waals surface area contributed by atoms with E-state index in [1.54, 1.807) is 24.1 Å². The van der Waals surface area contributed by atoms with Crippen LogP contribution in [-0.4, -0.2) is 62.5 Å². The van der Waals surface area contributed by atoms with Gasteiger partial charge in [-0.1, -0.05) is 6.92 Å². The number of hydrogen-bond acceptors (Lipinski definition) is 5. The molecule has 0 amide bonds. The largest absolute Gasteiger partial charge is 0.465 e. The Kier molecular flexibility index (Phi) is 13.2. The molecule has 0 spiro atoms. The molecule has 0 saturated heterocycles. The van der Waals surface area contributed by atoms with Crippen LogP contribution in [0.25, 0.3) is 0 Å². The van der Waals surface area contributed by atoms with E-state index in [0.29, 0.717) is 31.0 Å². The monoisotopic (exact) mass is 367 g/mol. The maximum absolute atomic E-state index is 12.7. The quantitative estimate of drug-likeness (QED) is 0.298. The zero-order valence-corrected chi connectivity index (χ0v) is 15.4. The van der Waals surface area contributed by atoms with Crippen LogP contribution in [0.15, 0.2) is 16.8 Å². The van der Waals surface area contributed by atoms with Crippen molar-refractivity contribution in [2.75, 3.05) is 25.4 Å². The van der Waals surface area contributed by atoms with Gasteiger partial charge in [0.2, 0.25) is 17.6 Å². The van der Waals surface area contributed by atoms with Gasteiger partial charge < -0.3 is 10.1 Å². The Labute approximate surface area is 144 Å². The minimum absolute atomic E-state index is 0.0909. The summed E-state index contributed by atoms with van der Waals surface area (Å²) in [5, 5.41) is 7.19. The fraction of sp³-hybridized carbons (Fsp3) is 0.714. The lowest BCUT2D eigenvalue weighted by Crippen LogP contribution is -2.30. The average Bonchev–Trinajstić information content (AvgIpc) is 2.50. The Balaban J connectivity index is 4.22. The summed E-state index contributed by atoms with van der Waals surface area (Å²) in [4.78, 5) is 4.11. The number of thioether (sulfide) groups is 1. The van der Waals surface area contributed by atoms with E-state index in [1.165, 1.54) is 17.4 Å². The molecule has 3 atom stereocenters. The molecule has 9 heteroatoms. The highest BCUT2D eigenvalue weighted by Crippen LogP contribution is 2.09. The predicted octanol–water partition coefficient (Wildman–Crippen LogP) is 2.89. The zero-order valence-electron chi connectivity index (χ0n) is 13.8. The summed E-state index contributed by atoms with van der Waals surface area (Å²) in [6, 6.07) is 0. The van der Waals surface area contributed by atoms with Crippen molar-refractivity contribution in [3.8, 4) is 0 Å². The number of rotatable bonds is 13. The van der Waals surface area contributed by atoms with Crippen LogP contribution in [-0.2, 0) is 16.0 Å². The zero-order chi connectivity index (χ0) is 17.7. The van der Waals surface area contributed by atoms with Crippen molar-refractivity contribution in [1.82, 2.24) is 4.31 Å². The number of allylic oxidation sites excluding steroid dienone is 1. The van der Waals surface area contributed by atoms with Gasteiger partial charge in [0, 0.05) is 49.9 Å². The van der Waals surface area contributed by atoms with Crippen molar-refractivity contribution in [1.29, 1.82) is 5.41 Å². The molecule has 134 valence electrons. The first-order valence-electron chi connectivity index (χ1n) is 7.36. The summed E-state index contributed by atoms with van der Waals surface area (Å²) in [6.07, 6.45) is 3.82. The first kappa shape index (κ1) is 22.2. The average molecular weight is 368 g/mol. The lowest BCUT2D eigenvalue weighted by Gasteiger charge is -2.15. The topological polar surface area (TPSA) is 86.0 Å². The van der Waals surface area contributed by atoms with Crippen LogP contribution in [0.4, 0.5) is 4.39 Å². The van der Waals surface area contributed by atoms with Crippen LogP contribution in [0.2, 0.25) is 0 Å². The fourth-order valence-corrected chi connectivity index (χ4v) is 2.83. The molecule has 0 aliphatic carbocycles. The molecule has 23 heavy (non-hydrogen) atoms. The summed E-state index contributed by atoms with van der Waals surface area (Å²) >= 11 is -0.520. The maximum atomic E-state index is 12.7. The summed E-state index contributed by atoms with van der Waals surface area (Å²) < 4.78 is 39.5. The van der Waals surface area contributed by atoms with Crippen molar-refractivity contribution in [3.63, 3.8) is 0 Å². The Bertz CT molecular complexity index is 420. The van der Waals surface area contributed by atoms with Gasteiger partial charge in [0.25, 0.3) is 0 Å². The van der Waals surface area contributed by atoms with E-state index in [1.807, 2.05) is 13.8 Å². The molecule has 0 fully saturated rings. The molecular weight excluding hydrogens is 341 g/mol. The van der Waals surface area contributed by atoms with Crippen LogP contribution in [0.1, 0.15) is 27.2 Å². The predicted molar refractivity (Wildman–Crippen MR) is 96.4 cm³/mol. The van der Waals surface area contributed by atoms with Gasteiger partial charge in [-0.05, 0) is 13.0 Å². The normalized spacial score (nSPS) is 16.5. The number of aliphatic imine (C=N–C) groups is 1. The molecule has 0 bridgehead atoms. The van der Waals surface area contributed by atoms with E-state index in [9.17, 15) is 13.2 Å². The van der Waals surface area contributed by atoms with E-state index in [0.717, 1.165) is 0 Å².